The minimum atomic E-state index is -3.67. The first-order valence-electron chi connectivity index (χ1n) is 8.36. The first kappa shape index (κ1) is 18.9. The van der Waals surface area contributed by atoms with Crippen molar-refractivity contribution < 1.29 is 13.2 Å². The molecule has 1 N–H and O–H groups in total. The van der Waals surface area contributed by atoms with Crippen LogP contribution in [0.5, 0.6) is 0 Å². The van der Waals surface area contributed by atoms with Crippen LogP contribution in [-0.4, -0.2) is 41.3 Å². The molecule has 1 saturated heterocycles. The van der Waals surface area contributed by atoms with Crippen molar-refractivity contribution in [2.45, 2.75) is 24.4 Å². The van der Waals surface area contributed by atoms with Crippen LogP contribution in [0, 0.1) is 5.92 Å². The zero-order valence-electron chi connectivity index (χ0n) is 14.4. The summed E-state index contributed by atoms with van der Waals surface area (Å²) < 4.78 is 28.3. The van der Waals surface area contributed by atoms with E-state index >= 15 is 0 Å². The van der Waals surface area contributed by atoms with Crippen LogP contribution in [0.3, 0.4) is 0 Å². The van der Waals surface area contributed by atoms with Gasteiger partial charge in [0.05, 0.1) is 12.2 Å². The lowest BCUT2D eigenvalue weighted by Gasteiger charge is -2.30. The van der Waals surface area contributed by atoms with Crippen LogP contribution in [0.15, 0.2) is 41.8 Å². The number of piperidine rings is 1. The Kier molecular flexibility index (Phi) is 5.64. The quantitative estimate of drug-likeness (QED) is 0.835. The maximum absolute atomic E-state index is 12.7. The van der Waals surface area contributed by atoms with Crippen LogP contribution in [0.4, 0.5) is 0 Å². The molecule has 1 aliphatic heterocycles. The van der Waals surface area contributed by atoms with Gasteiger partial charge in [-0.25, -0.2) is 13.4 Å². The fourth-order valence-electron chi connectivity index (χ4n) is 2.96. The zero-order chi connectivity index (χ0) is 18.7. The lowest BCUT2D eigenvalue weighted by Crippen LogP contribution is -2.45. The molecule has 3 rings (SSSR count). The van der Waals surface area contributed by atoms with E-state index in [9.17, 15) is 13.2 Å². The standard InChI is InChI=1S/C17H21ClN4O3S/c1-21-11-16(20-12-21)26(24,25)22-8-2-3-14(10-22)17(23)19-9-13-4-6-15(18)7-5-13/h4-7,11-12,14H,2-3,8-10H2,1H3,(H,19,23)/t14-/m0/s1. The normalized spacial score (nSPS) is 18.6. The molecule has 7 nitrogen and oxygen atoms in total. The predicted octanol–water partition coefficient (Wildman–Crippen LogP) is 1.79. The van der Waals surface area contributed by atoms with Crippen molar-refractivity contribution in [2.24, 2.45) is 13.0 Å². The number of nitrogens with one attached hydrogen (secondary N) is 1. The smallest absolute Gasteiger partial charge is 0.262 e. The van der Waals surface area contributed by atoms with Crippen LogP contribution in [0.1, 0.15) is 18.4 Å². The van der Waals surface area contributed by atoms with Gasteiger partial charge in [-0.1, -0.05) is 23.7 Å². The van der Waals surface area contributed by atoms with Crippen LogP contribution in [-0.2, 0) is 28.4 Å². The molecule has 1 aromatic carbocycles. The number of hydrogen-bond donors (Lipinski definition) is 1. The summed E-state index contributed by atoms with van der Waals surface area (Å²) in [7, 11) is -1.96. The monoisotopic (exact) mass is 396 g/mol. The summed E-state index contributed by atoms with van der Waals surface area (Å²) in [6, 6.07) is 7.23. The Hall–Kier alpha value is -1.90. The van der Waals surface area contributed by atoms with Crippen molar-refractivity contribution in [3.05, 3.63) is 47.4 Å². The van der Waals surface area contributed by atoms with Gasteiger partial charge in [0, 0.05) is 37.9 Å². The number of halogens is 1. The van der Waals surface area contributed by atoms with E-state index in [2.05, 4.69) is 10.3 Å². The molecule has 0 unspecified atom stereocenters. The Morgan fingerprint density at radius 1 is 1.35 bits per heavy atom. The molecule has 140 valence electrons. The molecule has 2 heterocycles. The van der Waals surface area contributed by atoms with Gasteiger partial charge in [0.2, 0.25) is 5.91 Å². The highest BCUT2D eigenvalue weighted by atomic mass is 35.5. The number of rotatable bonds is 5. The Balaban J connectivity index is 1.62. The Bertz CT molecular complexity index is 880. The third kappa shape index (κ3) is 4.25. The second-order valence-corrected chi connectivity index (χ2v) is 8.75. The fraction of sp³-hybridized carbons (Fsp3) is 0.412. The maximum Gasteiger partial charge on any atom is 0.262 e. The van der Waals surface area contributed by atoms with Crippen molar-refractivity contribution in [3.63, 3.8) is 0 Å². The maximum atomic E-state index is 12.7. The van der Waals surface area contributed by atoms with Gasteiger partial charge in [-0.15, -0.1) is 0 Å². The van der Waals surface area contributed by atoms with E-state index < -0.39 is 10.0 Å². The van der Waals surface area contributed by atoms with Crippen molar-refractivity contribution in [2.75, 3.05) is 13.1 Å². The van der Waals surface area contributed by atoms with Crippen molar-refractivity contribution in [1.82, 2.24) is 19.2 Å². The summed E-state index contributed by atoms with van der Waals surface area (Å²) >= 11 is 5.85. The molecular formula is C17H21ClN4O3S. The SMILES string of the molecule is Cn1cnc(S(=O)(=O)N2CCC[C@H](C(=O)NCc3ccc(Cl)cc3)C2)c1. The molecule has 0 radical (unpaired) electrons. The van der Waals surface area contributed by atoms with Gasteiger partial charge in [0.15, 0.2) is 5.03 Å². The number of hydrogen-bond acceptors (Lipinski definition) is 4. The van der Waals surface area contributed by atoms with Gasteiger partial charge >= 0.3 is 0 Å². The lowest BCUT2D eigenvalue weighted by molar-refractivity contribution is -0.126. The highest BCUT2D eigenvalue weighted by molar-refractivity contribution is 7.89. The number of nitrogens with zero attached hydrogens (tertiary/aromatic N) is 3. The molecule has 1 amide bonds. The number of amides is 1. The molecule has 2 aromatic rings. The minimum Gasteiger partial charge on any atom is -0.352 e. The van der Waals surface area contributed by atoms with Crippen molar-refractivity contribution in [3.8, 4) is 0 Å². The average molecular weight is 397 g/mol. The lowest BCUT2D eigenvalue weighted by atomic mass is 9.99. The summed E-state index contributed by atoms with van der Waals surface area (Å²) in [6.07, 6.45) is 4.23. The highest BCUT2D eigenvalue weighted by Gasteiger charge is 2.34. The number of carbonyl (C=O) groups excluding carboxylic acids is 1. The Morgan fingerprint density at radius 2 is 2.08 bits per heavy atom. The van der Waals surface area contributed by atoms with Gasteiger partial charge in [-0.05, 0) is 30.5 Å². The van der Waals surface area contributed by atoms with Crippen LogP contribution in [0.2, 0.25) is 5.02 Å². The summed E-state index contributed by atoms with van der Waals surface area (Å²) in [5, 5.41) is 3.54. The van der Waals surface area contributed by atoms with Crippen LogP contribution in [0.25, 0.3) is 0 Å². The van der Waals surface area contributed by atoms with E-state index in [0.29, 0.717) is 31.0 Å². The van der Waals surface area contributed by atoms with Gasteiger partial charge in [0.1, 0.15) is 0 Å². The number of imidazole rings is 1. The molecule has 0 saturated carbocycles. The second kappa shape index (κ2) is 7.77. The summed E-state index contributed by atoms with van der Waals surface area (Å²) in [5.74, 6) is -0.504. The van der Waals surface area contributed by atoms with Crippen LogP contribution >= 0.6 is 11.6 Å². The zero-order valence-corrected chi connectivity index (χ0v) is 16.0. The second-order valence-electron chi connectivity index (χ2n) is 6.42. The largest absolute Gasteiger partial charge is 0.352 e. The minimum absolute atomic E-state index is 0.0159. The first-order chi connectivity index (χ1) is 12.4. The number of aryl methyl sites for hydroxylation is 1. The highest BCUT2D eigenvalue weighted by Crippen LogP contribution is 2.23. The number of sulfonamides is 1. The average Bonchev–Trinajstić information content (AvgIpc) is 3.08. The van der Waals surface area contributed by atoms with Gasteiger partial charge in [-0.2, -0.15) is 4.31 Å². The number of carbonyl (C=O) groups is 1. The Morgan fingerprint density at radius 3 is 2.73 bits per heavy atom. The molecule has 0 bridgehead atoms. The summed E-state index contributed by atoms with van der Waals surface area (Å²) in [5.41, 5.74) is 0.941. The molecule has 9 heteroatoms. The van der Waals surface area contributed by atoms with E-state index in [1.807, 2.05) is 12.1 Å². The molecule has 26 heavy (non-hydrogen) atoms. The van der Waals surface area contributed by atoms with E-state index in [0.717, 1.165) is 5.56 Å². The summed E-state index contributed by atoms with van der Waals surface area (Å²) in [4.78, 5) is 16.4. The van der Waals surface area contributed by atoms with Gasteiger partial charge in [-0.3, -0.25) is 4.79 Å². The van der Waals surface area contributed by atoms with Crippen molar-refractivity contribution >= 4 is 27.5 Å². The van der Waals surface area contributed by atoms with E-state index in [4.69, 9.17) is 11.6 Å². The van der Waals surface area contributed by atoms with Crippen LogP contribution < -0.4 is 5.32 Å². The van der Waals surface area contributed by atoms with Gasteiger partial charge in [0.25, 0.3) is 10.0 Å². The fourth-order valence-corrected chi connectivity index (χ4v) is 4.58. The molecule has 1 aliphatic rings. The predicted molar refractivity (Wildman–Crippen MR) is 98.0 cm³/mol. The van der Waals surface area contributed by atoms with Gasteiger partial charge < -0.3 is 9.88 Å². The molecular weight excluding hydrogens is 376 g/mol. The molecule has 1 aromatic heterocycles. The molecule has 0 aliphatic carbocycles. The summed E-state index contributed by atoms with van der Waals surface area (Å²) in [6.45, 7) is 0.963. The van der Waals surface area contributed by atoms with E-state index in [1.54, 1.807) is 23.7 Å². The van der Waals surface area contributed by atoms with E-state index in [1.165, 1.54) is 16.8 Å². The first-order valence-corrected chi connectivity index (χ1v) is 10.2. The third-order valence-electron chi connectivity index (χ3n) is 4.42. The Labute approximate surface area is 158 Å². The third-order valence-corrected chi connectivity index (χ3v) is 6.42. The number of aromatic nitrogens is 2. The van der Waals surface area contributed by atoms with Crippen molar-refractivity contribution in [1.29, 1.82) is 0 Å². The molecule has 1 fully saturated rings. The molecule has 1 atom stereocenters. The van der Waals surface area contributed by atoms with E-state index in [-0.39, 0.29) is 23.4 Å². The topological polar surface area (TPSA) is 84.3 Å². The number of benzene rings is 1. The molecule has 0 spiro atoms.